The molecule has 18 heavy (non-hydrogen) atoms. The maximum absolute atomic E-state index is 11.1. The van der Waals surface area contributed by atoms with Crippen LogP contribution in [0.5, 0.6) is 11.5 Å². The molecule has 1 aromatic heterocycles. The van der Waals surface area contributed by atoms with Gasteiger partial charge in [-0.2, -0.15) is 4.98 Å². The number of aromatic nitrogens is 2. The van der Waals surface area contributed by atoms with Crippen LogP contribution in [0.2, 0.25) is 0 Å². The molecule has 1 aromatic carbocycles. The van der Waals surface area contributed by atoms with E-state index in [2.05, 4.69) is 15.3 Å². The van der Waals surface area contributed by atoms with E-state index in [0.29, 0.717) is 17.4 Å². The van der Waals surface area contributed by atoms with Crippen LogP contribution in [0.3, 0.4) is 0 Å². The Morgan fingerprint density at radius 1 is 1.17 bits per heavy atom. The molecule has 0 unspecified atom stereocenters. The van der Waals surface area contributed by atoms with Gasteiger partial charge in [0, 0.05) is 24.0 Å². The Kier molecular flexibility index (Phi) is 3.47. The number of H-pyrrole nitrogens is 1. The fourth-order valence-corrected chi connectivity index (χ4v) is 1.49. The number of nitrogens with zero attached hydrogens (tertiary/aromatic N) is 1. The maximum Gasteiger partial charge on any atom is 0.274 e. The summed E-state index contributed by atoms with van der Waals surface area (Å²) < 4.78 is 10.3. The van der Waals surface area contributed by atoms with E-state index in [0.717, 1.165) is 5.69 Å². The number of benzene rings is 1. The fourth-order valence-electron chi connectivity index (χ4n) is 1.49. The molecule has 0 saturated carbocycles. The molecule has 0 radical (unpaired) electrons. The van der Waals surface area contributed by atoms with E-state index >= 15 is 0 Å². The van der Waals surface area contributed by atoms with Crippen molar-refractivity contribution in [3.63, 3.8) is 0 Å². The van der Waals surface area contributed by atoms with Crippen LogP contribution >= 0.6 is 0 Å². The molecule has 2 rings (SSSR count). The van der Waals surface area contributed by atoms with Crippen molar-refractivity contribution in [2.24, 2.45) is 0 Å². The first-order valence-corrected chi connectivity index (χ1v) is 5.27. The summed E-state index contributed by atoms with van der Waals surface area (Å²) in [6.07, 6.45) is 1.53. The number of aromatic amines is 1. The summed E-state index contributed by atoms with van der Waals surface area (Å²) in [5.41, 5.74) is 0.429. The molecule has 1 heterocycles. The van der Waals surface area contributed by atoms with E-state index in [1.54, 1.807) is 32.4 Å². The van der Waals surface area contributed by atoms with Gasteiger partial charge in [0.15, 0.2) is 11.5 Å². The molecular weight excluding hydrogens is 234 g/mol. The SMILES string of the molecule is COc1ccc(Nc2nc(=O)cc[nH]2)cc1OC. The highest BCUT2D eigenvalue weighted by Gasteiger charge is 2.05. The third-order valence-electron chi connectivity index (χ3n) is 2.31. The van der Waals surface area contributed by atoms with Crippen LogP contribution in [0.4, 0.5) is 11.6 Å². The predicted octanol–water partition coefficient (Wildman–Crippen LogP) is 1.53. The van der Waals surface area contributed by atoms with Crippen LogP contribution < -0.4 is 20.3 Å². The normalized spacial score (nSPS) is 9.89. The van der Waals surface area contributed by atoms with Crippen LogP contribution in [-0.4, -0.2) is 24.2 Å². The lowest BCUT2D eigenvalue weighted by molar-refractivity contribution is 0.355. The minimum atomic E-state index is -0.309. The van der Waals surface area contributed by atoms with Crippen molar-refractivity contribution in [2.45, 2.75) is 0 Å². The molecule has 0 fully saturated rings. The monoisotopic (exact) mass is 247 g/mol. The van der Waals surface area contributed by atoms with Crippen molar-refractivity contribution >= 4 is 11.6 Å². The average Bonchev–Trinajstić information content (AvgIpc) is 2.38. The highest BCUT2D eigenvalue weighted by molar-refractivity contribution is 5.59. The predicted molar refractivity (Wildman–Crippen MR) is 67.7 cm³/mol. The number of ether oxygens (including phenoxy) is 2. The smallest absolute Gasteiger partial charge is 0.274 e. The quantitative estimate of drug-likeness (QED) is 0.856. The highest BCUT2D eigenvalue weighted by atomic mass is 16.5. The molecule has 0 amide bonds. The Morgan fingerprint density at radius 2 is 1.94 bits per heavy atom. The first-order valence-electron chi connectivity index (χ1n) is 5.27. The molecule has 2 N–H and O–H groups in total. The van der Waals surface area contributed by atoms with Gasteiger partial charge in [-0.25, -0.2) is 0 Å². The Morgan fingerprint density at radius 3 is 2.61 bits per heavy atom. The minimum Gasteiger partial charge on any atom is -0.493 e. The second kappa shape index (κ2) is 5.22. The minimum absolute atomic E-state index is 0.309. The van der Waals surface area contributed by atoms with E-state index in [1.807, 2.05) is 0 Å². The van der Waals surface area contributed by atoms with Gasteiger partial charge in [0.25, 0.3) is 5.56 Å². The van der Waals surface area contributed by atoms with Crippen molar-refractivity contribution in [2.75, 3.05) is 19.5 Å². The lowest BCUT2D eigenvalue weighted by Gasteiger charge is -2.10. The van der Waals surface area contributed by atoms with Crippen molar-refractivity contribution in [1.82, 2.24) is 9.97 Å². The summed E-state index contributed by atoms with van der Waals surface area (Å²) in [6.45, 7) is 0. The van der Waals surface area contributed by atoms with Crippen molar-refractivity contribution < 1.29 is 9.47 Å². The molecule has 0 aliphatic rings. The molecule has 2 aromatic rings. The summed E-state index contributed by atoms with van der Waals surface area (Å²) in [6, 6.07) is 6.67. The van der Waals surface area contributed by atoms with Crippen molar-refractivity contribution in [3.8, 4) is 11.5 Å². The van der Waals surface area contributed by atoms with E-state index in [4.69, 9.17) is 9.47 Å². The zero-order valence-corrected chi connectivity index (χ0v) is 10.1. The molecule has 0 aliphatic heterocycles. The second-order valence-corrected chi connectivity index (χ2v) is 3.47. The third kappa shape index (κ3) is 2.60. The van der Waals surface area contributed by atoms with Crippen LogP contribution in [0.15, 0.2) is 35.3 Å². The van der Waals surface area contributed by atoms with E-state index in [9.17, 15) is 4.79 Å². The topological polar surface area (TPSA) is 76.2 Å². The first-order chi connectivity index (χ1) is 8.72. The number of anilines is 2. The number of hydrogen-bond donors (Lipinski definition) is 2. The summed E-state index contributed by atoms with van der Waals surface area (Å²) in [5, 5.41) is 2.97. The van der Waals surface area contributed by atoms with Gasteiger partial charge in [-0.05, 0) is 12.1 Å². The highest BCUT2D eigenvalue weighted by Crippen LogP contribution is 2.30. The Bertz CT molecular complexity index is 595. The van der Waals surface area contributed by atoms with Crippen LogP contribution in [-0.2, 0) is 0 Å². The first kappa shape index (κ1) is 12.0. The van der Waals surface area contributed by atoms with E-state index < -0.39 is 0 Å². The Balaban J connectivity index is 2.27. The summed E-state index contributed by atoms with van der Waals surface area (Å²) in [5.74, 6) is 1.60. The largest absolute Gasteiger partial charge is 0.493 e. The second-order valence-electron chi connectivity index (χ2n) is 3.47. The zero-order chi connectivity index (χ0) is 13.0. The van der Waals surface area contributed by atoms with Gasteiger partial charge in [-0.15, -0.1) is 0 Å². The summed E-state index contributed by atoms with van der Waals surface area (Å²) in [4.78, 5) is 17.7. The molecule has 0 bridgehead atoms. The summed E-state index contributed by atoms with van der Waals surface area (Å²) >= 11 is 0. The molecule has 0 atom stereocenters. The van der Waals surface area contributed by atoms with Crippen LogP contribution in [0, 0.1) is 0 Å². The molecule has 0 saturated heterocycles. The Labute approximate surface area is 104 Å². The summed E-state index contributed by atoms with van der Waals surface area (Å²) in [7, 11) is 3.13. The van der Waals surface area contributed by atoms with E-state index in [1.165, 1.54) is 12.3 Å². The zero-order valence-electron chi connectivity index (χ0n) is 10.1. The lowest BCUT2D eigenvalue weighted by atomic mass is 10.3. The molecule has 94 valence electrons. The number of rotatable bonds is 4. The van der Waals surface area contributed by atoms with Crippen molar-refractivity contribution in [3.05, 3.63) is 40.8 Å². The molecular formula is C12H13N3O3. The fraction of sp³-hybridized carbons (Fsp3) is 0.167. The van der Waals surface area contributed by atoms with Gasteiger partial charge >= 0.3 is 0 Å². The van der Waals surface area contributed by atoms with E-state index in [-0.39, 0.29) is 5.56 Å². The Hall–Kier alpha value is -2.50. The molecule has 0 spiro atoms. The van der Waals surface area contributed by atoms with Crippen LogP contribution in [0.25, 0.3) is 0 Å². The standard InChI is InChI=1S/C12H13N3O3/c1-17-9-4-3-8(7-10(9)18-2)14-12-13-6-5-11(16)15-12/h3-7H,1-2H3,(H2,13,14,15,16). The molecule has 6 heteroatoms. The number of hydrogen-bond acceptors (Lipinski definition) is 5. The van der Waals surface area contributed by atoms with Gasteiger partial charge in [0.1, 0.15) is 0 Å². The average molecular weight is 247 g/mol. The molecule has 0 aliphatic carbocycles. The van der Waals surface area contributed by atoms with Gasteiger partial charge in [0.05, 0.1) is 14.2 Å². The van der Waals surface area contributed by atoms with Gasteiger partial charge in [-0.3, -0.25) is 4.79 Å². The van der Waals surface area contributed by atoms with Gasteiger partial charge in [0.2, 0.25) is 5.95 Å². The lowest BCUT2D eigenvalue weighted by Crippen LogP contribution is -2.08. The van der Waals surface area contributed by atoms with Gasteiger partial charge in [-0.1, -0.05) is 0 Å². The third-order valence-corrected chi connectivity index (χ3v) is 2.31. The van der Waals surface area contributed by atoms with Gasteiger partial charge < -0.3 is 19.8 Å². The number of nitrogens with one attached hydrogen (secondary N) is 2. The number of methoxy groups -OCH3 is 2. The maximum atomic E-state index is 11.1. The van der Waals surface area contributed by atoms with Crippen molar-refractivity contribution in [1.29, 1.82) is 0 Å². The molecule has 6 nitrogen and oxygen atoms in total. The van der Waals surface area contributed by atoms with Crippen LogP contribution in [0.1, 0.15) is 0 Å².